The average Bonchev–Trinajstić information content (AvgIpc) is 2.42. The predicted octanol–water partition coefficient (Wildman–Crippen LogP) is 2.18. The molecular weight excluding hydrogens is 248 g/mol. The van der Waals surface area contributed by atoms with Gasteiger partial charge in [0.2, 0.25) is 0 Å². The molecule has 1 aromatic rings. The Bertz CT molecular complexity index is 422. The van der Waals surface area contributed by atoms with Gasteiger partial charge in [-0.2, -0.15) is 0 Å². The number of likely N-dealkylation sites (tertiary alicyclic amines) is 1. The van der Waals surface area contributed by atoms with Crippen molar-refractivity contribution in [3.63, 3.8) is 0 Å². The largest absolute Gasteiger partial charge is 0.388 e. The lowest BCUT2D eigenvalue weighted by Crippen LogP contribution is -2.49. The molecule has 1 saturated heterocycles. The summed E-state index contributed by atoms with van der Waals surface area (Å²) >= 11 is 0. The molecule has 1 fully saturated rings. The molecule has 1 aliphatic rings. The first-order valence-corrected chi connectivity index (χ1v) is 7.41. The summed E-state index contributed by atoms with van der Waals surface area (Å²) in [4.78, 5) is 2.42. The van der Waals surface area contributed by atoms with Gasteiger partial charge in [-0.1, -0.05) is 42.5 Å². The van der Waals surface area contributed by atoms with Crippen molar-refractivity contribution in [1.82, 2.24) is 10.2 Å². The molecule has 1 aromatic carbocycles. The maximum atomic E-state index is 10.5. The standard InChI is InChI=1S/C17H26N2O/c1-15(2)12-18-14-17(20)8-10-19(11-9-17)13-16-6-4-3-5-7-16/h3-7,18,20H,1,8-14H2,2H3. The molecule has 2 rings (SSSR count). The molecule has 0 spiro atoms. The lowest BCUT2D eigenvalue weighted by atomic mass is 9.91. The third-order valence-corrected chi connectivity index (χ3v) is 3.92. The van der Waals surface area contributed by atoms with E-state index in [1.807, 2.05) is 13.0 Å². The molecule has 0 radical (unpaired) electrons. The minimum atomic E-state index is -0.553. The quantitative estimate of drug-likeness (QED) is 0.781. The van der Waals surface area contributed by atoms with E-state index in [0.29, 0.717) is 6.54 Å². The van der Waals surface area contributed by atoms with Crippen molar-refractivity contribution in [3.05, 3.63) is 48.0 Å². The fraction of sp³-hybridized carbons (Fsp3) is 0.529. The lowest BCUT2D eigenvalue weighted by Gasteiger charge is -2.38. The van der Waals surface area contributed by atoms with Crippen LogP contribution in [-0.2, 0) is 6.54 Å². The van der Waals surface area contributed by atoms with Crippen LogP contribution in [0.15, 0.2) is 42.5 Å². The van der Waals surface area contributed by atoms with Crippen LogP contribution >= 0.6 is 0 Å². The normalized spacial score (nSPS) is 18.9. The highest BCUT2D eigenvalue weighted by Crippen LogP contribution is 2.22. The van der Waals surface area contributed by atoms with E-state index in [-0.39, 0.29) is 0 Å². The summed E-state index contributed by atoms with van der Waals surface area (Å²) in [6.07, 6.45) is 1.67. The monoisotopic (exact) mass is 274 g/mol. The van der Waals surface area contributed by atoms with Gasteiger partial charge < -0.3 is 10.4 Å². The van der Waals surface area contributed by atoms with Gasteiger partial charge in [-0.25, -0.2) is 0 Å². The summed E-state index contributed by atoms with van der Waals surface area (Å²) in [6, 6.07) is 10.5. The Kier molecular flexibility index (Phi) is 5.35. The lowest BCUT2D eigenvalue weighted by molar-refractivity contribution is -0.0211. The van der Waals surface area contributed by atoms with Crippen LogP contribution in [0.4, 0.5) is 0 Å². The van der Waals surface area contributed by atoms with Gasteiger partial charge in [0.15, 0.2) is 0 Å². The first kappa shape index (κ1) is 15.2. The Hall–Kier alpha value is -1.16. The summed E-state index contributed by atoms with van der Waals surface area (Å²) in [5.41, 5.74) is 1.90. The Labute approximate surface area is 122 Å². The molecule has 0 unspecified atom stereocenters. The second-order valence-electron chi connectivity index (χ2n) is 6.05. The van der Waals surface area contributed by atoms with E-state index in [4.69, 9.17) is 0 Å². The molecule has 0 saturated carbocycles. The highest BCUT2D eigenvalue weighted by atomic mass is 16.3. The number of nitrogens with zero attached hydrogens (tertiary/aromatic N) is 1. The van der Waals surface area contributed by atoms with E-state index < -0.39 is 5.60 Å². The molecule has 0 atom stereocenters. The van der Waals surface area contributed by atoms with E-state index in [9.17, 15) is 5.11 Å². The summed E-state index contributed by atoms with van der Waals surface area (Å²) < 4.78 is 0. The highest BCUT2D eigenvalue weighted by Gasteiger charge is 2.31. The van der Waals surface area contributed by atoms with Gasteiger partial charge in [0.1, 0.15) is 0 Å². The topological polar surface area (TPSA) is 35.5 Å². The second-order valence-corrected chi connectivity index (χ2v) is 6.05. The number of hydrogen-bond acceptors (Lipinski definition) is 3. The zero-order valence-corrected chi connectivity index (χ0v) is 12.4. The van der Waals surface area contributed by atoms with Gasteiger partial charge in [0.05, 0.1) is 5.60 Å². The number of nitrogens with one attached hydrogen (secondary N) is 1. The molecule has 3 heteroatoms. The Morgan fingerprint density at radius 1 is 1.30 bits per heavy atom. The zero-order chi connectivity index (χ0) is 14.4. The summed E-state index contributed by atoms with van der Waals surface area (Å²) in [6.45, 7) is 10.2. The van der Waals surface area contributed by atoms with E-state index in [0.717, 1.165) is 44.6 Å². The van der Waals surface area contributed by atoms with E-state index >= 15 is 0 Å². The molecule has 2 N–H and O–H groups in total. The minimum Gasteiger partial charge on any atom is -0.388 e. The van der Waals surface area contributed by atoms with Crippen LogP contribution in [0.1, 0.15) is 25.3 Å². The predicted molar refractivity (Wildman–Crippen MR) is 83.6 cm³/mol. The van der Waals surface area contributed by atoms with Crippen molar-refractivity contribution in [2.75, 3.05) is 26.2 Å². The Morgan fingerprint density at radius 2 is 1.95 bits per heavy atom. The molecule has 0 bridgehead atoms. The third-order valence-electron chi connectivity index (χ3n) is 3.92. The summed E-state index contributed by atoms with van der Waals surface area (Å²) in [5.74, 6) is 0. The van der Waals surface area contributed by atoms with Crippen LogP contribution < -0.4 is 5.32 Å². The van der Waals surface area contributed by atoms with Crippen LogP contribution in [0.2, 0.25) is 0 Å². The molecule has 20 heavy (non-hydrogen) atoms. The van der Waals surface area contributed by atoms with Crippen LogP contribution in [0, 0.1) is 0 Å². The maximum absolute atomic E-state index is 10.5. The number of benzene rings is 1. The number of aliphatic hydroxyl groups is 1. The second kappa shape index (κ2) is 7.02. The van der Waals surface area contributed by atoms with Gasteiger partial charge in [-0.3, -0.25) is 4.90 Å². The van der Waals surface area contributed by atoms with Gasteiger partial charge in [-0.15, -0.1) is 0 Å². The fourth-order valence-corrected chi connectivity index (χ4v) is 2.65. The van der Waals surface area contributed by atoms with Crippen molar-refractivity contribution >= 4 is 0 Å². The van der Waals surface area contributed by atoms with Crippen molar-refractivity contribution in [3.8, 4) is 0 Å². The van der Waals surface area contributed by atoms with Gasteiger partial charge >= 0.3 is 0 Å². The first-order chi connectivity index (χ1) is 9.57. The molecule has 1 aliphatic heterocycles. The van der Waals surface area contributed by atoms with Crippen LogP contribution in [-0.4, -0.2) is 41.8 Å². The van der Waals surface area contributed by atoms with Crippen molar-refractivity contribution in [2.24, 2.45) is 0 Å². The van der Waals surface area contributed by atoms with Crippen molar-refractivity contribution in [1.29, 1.82) is 0 Å². The number of piperidine rings is 1. The molecule has 1 heterocycles. The van der Waals surface area contributed by atoms with E-state index in [2.05, 4.69) is 41.1 Å². The Balaban J connectivity index is 1.75. The smallest absolute Gasteiger partial charge is 0.0796 e. The Morgan fingerprint density at radius 3 is 2.55 bits per heavy atom. The number of rotatable bonds is 6. The van der Waals surface area contributed by atoms with Crippen molar-refractivity contribution < 1.29 is 5.11 Å². The zero-order valence-electron chi connectivity index (χ0n) is 12.4. The van der Waals surface area contributed by atoms with E-state index in [1.54, 1.807) is 0 Å². The minimum absolute atomic E-state index is 0.553. The van der Waals surface area contributed by atoms with Crippen LogP contribution in [0.25, 0.3) is 0 Å². The molecule has 0 aliphatic carbocycles. The molecular formula is C17H26N2O. The average molecular weight is 274 g/mol. The van der Waals surface area contributed by atoms with Crippen LogP contribution in [0.3, 0.4) is 0 Å². The third kappa shape index (κ3) is 4.75. The molecule has 0 aromatic heterocycles. The number of hydrogen-bond donors (Lipinski definition) is 2. The highest BCUT2D eigenvalue weighted by molar-refractivity contribution is 5.14. The van der Waals surface area contributed by atoms with Crippen molar-refractivity contribution in [2.45, 2.75) is 31.9 Å². The molecule has 3 nitrogen and oxygen atoms in total. The summed E-state index contributed by atoms with van der Waals surface area (Å²) in [7, 11) is 0. The van der Waals surface area contributed by atoms with Crippen LogP contribution in [0.5, 0.6) is 0 Å². The maximum Gasteiger partial charge on any atom is 0.0796 e. The first-order valence-electron chi connectivity index (χ1n) is 7.41. The molecule has 0 amide bonds. The van der Waals surface area contributed by atoms with E-state index in [1.165, 1.54) is 5.56 Å². The van der Waals surface area contributed by atoms with Gasteiger partial charge in [0, 0.05) is 32.7 Å². The fourth-order valence-electron chi connectivity index (χ4n) is 2.65. The molecule has 110 valence electrons. The SMILES string of the molecule is C=C(C)CNCC1(O)CCN(Cc2ccccc2)CC1. The van der Waals surface area contributed by atoms with Gasteiger partial charge in [0.25, 0.3) is 0 Å². The van der Waals surface area contributed by atoms with Gasteiger partial charge in [-0.05, 0) is 25.3 Å². The summed E-state index contributed by atoms with van der Waals surface area (Å²) in [5, 5.41) is 13.8.